The second kappa shape index (κ2) is 8.20. The molecule has 1 aromatic carbocycles. The first-order valence-electron chi connectivity index (χ1n) is 9.74. The van der Waals surface area contributed by atoms with Crippen molar-refractivity contribution in [2.24, 2.45) is 0 Å². The minimum atomic E-state index is -4.82. The topological polar surface area (TPSA) is 117 Å². The lowest BCUT2D eigenvalue weighted by Crippen LogP contribution is -2.42. The quantitative estimate of drug-likeness (QED) is 0.407. The van der Waals surface area contributed by atoms with Crippen LogP contribution < -0.4 is 10.1 Å². The first-order chi connectivity index (χ1) is 15.5. The van der Waals surface area contributed by atoms with Gasteiger partial charge in [0.25, 0.3) is 5.91 Å². The summed E-state index contributed by atoms with van der Waals surface area (Å²) in [5.41, 5.74) is -0.149. The number of aliphatic hydroxyl groups is 1. The summed E-state index contributed by atoms with van der Waals surface area (Å²) in [6.45, 7) is 2.95. The fourth-order valence-corrected chi connectivity index (χ4v) is 3.30. The van der Waals surface area contributed by atoms with Crippen molar-refractivity contribution in [2.45, 2.75) is 31.9 Å². The zero-order valence-electron chi connectivity index (χ0n) is 17.5. The van der Waals surface area contributed by atoms with Crippen LogP contribution in [0.3, 0.4) is 0 Å². The number of halogens is 3. The number of nitrogens with zero attached hydrogens (tertiary/aromatic N) is 4. The van der Waals surface area contributed by atoms with Crippen molar-refractivity contribution in [2.75, 3.05) is 0 Å². The van der Waals surface area contributed by atoms with Gasteiger partial charge in [-0.15, -0.1) is 13.2 Å². The van der Waals surface area contributed by atoms with Gasteiger partial charge in [-0.3, -0.25) is 4.79 Å². The molecule has 0 aliphatic rings. The van der Waals surface area contributed by atoms with Crippen LogP contribution in [0.4, 0.5) is 13.2 Å². The molecule has 0 fully saturated rings. The van der Waals surface area contributed by atoms with Gasteiger partial charge in [0.2, 0.25) is 0 Å². The Kier molecular flexibility index (Phi) is 5.54. The van der Waals surface area contributed by atoms with Gasteiger partial charge in [0, 0.05) is 18.6 Å². The predicted octanol–water partition coefficient (Wildman–Crippen LogP) is 3.26. The molecule has 0 unspecified atom stereocenters. The number of fused-ring (bicyclic) bond motifs is 1. The Bertz CT molecular complexity index is 1260. The van der Waals surface area contributed by atoms with E-state index in [1.54, 1.807) is 24.7 Å². The van der Waals surface area contributed by atoms with Crippen molar-refractivity contribution in [3.63, 3.8) is 0 Å². The van der Waals surface area contributed by atoms with Crippen molar-refractivity contribution in [1.82, 2.24) is 29.9 Å². The van der Waals surface area contributed by atoms with E-state index < -0.39 is 29.7 Å². The third-order valence-electron chi connectivity index (χ3n) is 4.78. The van der Waals surface area contributed by atoms with E-state index in [1.807, 2.05) is 0 Å². The summed E-state index contributed by atoms with van der Waals surface area (Å²) in [6.07, 6.45) is 1.36. The van der Waals surface area contributed by atoms with E-state index in [-0.39, 0.29) is 11.2 Å². The maximum atomic E-state index is 13.1. The van der Waals surface area contributed by atoms with Crippen molar-refractivity contribution in [1.29, 1.82) is 0 Å². The number of ether oxygens (including phenoxy) is 1. The van der Waals surface area contributed by atoms with Crippen LogP contribution in [0.25, 0.3) is 17.2 Å². The molecule has 0 saturated heterocycles. The highest BCUT2D eigenvalue weighted by molar-refractivity contribution is 6.00. The van der Waals surface area contributed by atoms with Crippen LogP contribution in [0.15, 0.2) is 55.1 Å². The van der Waals surface area contributed by atoms with Gasteiger partial charge < -0.3 is 20.1 Å². The van der Waals surface area contributed by atoms with Crippen LogP contribution in [0.5, 0.6) is 5.75 Å². The molecular weight excluding hydrogens is 441 g/mol. The number of amides is 1. The van der Waals surface area contributed by atoms with Crippen molar-refractivity contribution < 1.29 is 27.8 Å². The molecule has 3 aromatic heterocycles. The Morgan fingerprint density at radius 1 is 1.21 bits per heavy atom. The third kappa shape index (κ3) is 4.95. The zero-order valence-corrected chi connectivity index (χ0v) is 17.5. The largest absolute Gasteiger partial charge is 0.573 e. The predicted molar refractivity (Wildman–Crippen MR) is 110 cm³/mol. The number of carbonyl (C=O) groups excluding carboxylic acids is 1. The highest BCUT2D eigenvalue weighted by atomic mass is 19.4. The van der Waals surface area contributed by atoms with E-state index in [1.165, 1.54) is 36.7 Å². The normalized spacial score (nSPS) is 13.2. The first-order valence-corrected chi connectivity index (χ1v) is 9.74. The Balaban J connectivity index is 1.62. The van der Waals surface area contributed by atoms with Crippen LogP contribution in [0.2, 0.25) is 0 Å². The number of H-pyrrole nitrogens is 1. The Hall–Kier alpha value is -3.93. The van der Waals surface area contributed by atoms with Gasteiger partial charge in [0.1, 0.15) is 17.0 Å². The number of carbonyl (C=O) groups is 1. The number of imidazole rings is 1. The lowest BCUT2D eigenvalue weighted by molar-refractivity contribution is -0.274. The van der Waals surface area contributed by atoms with Crippen LogP contribution in [0, 0.1) is 0 Å². The molecule has 1 amide bonds. The highest BCUT2D eigenvalue weighted by Crippen LogP contribution is 2.29. The molecule has 0 aliphatic carbocycles. The Morgan fingerprint density at radius 3 is 2.55 bits per heavy atom. The molecule has 0 saturated carbocycles. The lowest BCUT2D eigenvalue weighted by Gasteiger charge is -2.30. The average Bonchev–Trinajstić information content (AvgIpc) is 3.40. The summed E-state index contributed by atoms with van der Waals surface area (Å²) in [5, 5.41) is 17.5. The number of rotatable bonds is 6. The van der Waals surface area contributed by atoms with Crippen molar-refractivity contribution >= 4 is 11.6 Å². The number of aromatic amines is 1. The monoisotopic (exact) mass is 460 g/mol. The minimum absolute atomic E-state index is 0.148. The average molecular weight is 460 g/mol. The van der Waals surface area contributed by atoms with Gasteiger partial charge in [-0.05, 0) is 37.6 Å². The second-order valence-electron chi connectivity index (χ2n) is 7.75. The minimum Gasteiger partial charge on any atom is -0.406 e. The smallest absolute Gasteiger partial charge is 0.406 e. The summed E-state index contributed by atoms with van der Waals surface area (Å²) < 4.78 is 42.6. The zero-order chi connectivity index (χ0) is 23.8. The number of nitrogens with one attached hydrogen (secondary N) is 2. The molecular formula is C21H19F3N6O3. The molecule has 3 N–H and O–H groups in total. The van der Waals surface area contributed by atoms with Crippen LogP contribution in [-0.2, 0) is 0 Å². The number of benzene rings is 1. The molecule has 0 radical (unpaired) electrons. The van der Waals surface area contributed by atoms with Gasteiger partial charge in [0.05, 0.1) is 17.8 Å². The van der Waals surface area contributed by atoms with Gasteiger partial charge >= 0.3 is 6.36 Å². The molecule has 172 valence electrons. The van der Waals surface area contributed by atoms with Crippen molar-refractivity contribution in [3.05, 3.63) is 66.2 Å². The standard InChI is InChI=1S/C21H19F3N6O3/c1-20(2,32)16(12-3-5-13(6-4-12)33-21(22,23)24)29-19(31)14-11-27-30-10-7-15(28-18(14)30)17-25-8-9-26-17/h3-11,16,32H,1-2H3,(H,25,26)(H,29,31)/t16-/m0/s1. The molecule has 0 spiro atoms. The van der Waals surface area contributed by atoms with Crippen LogP contribution in [0.1, 0.15) is 35.8 Å². The summed E-state index contributed by atoms with van der Waals surface area (Å²) >= 11 is 0. The van der Waals surface area contributed by atoms with Gasteiger partial charge in [-0.25, -0.2) is 14.5 Å². The lowest BCUT2D eigenvalue weighted by atomic mass is 9.91. The fourth-order valence-electron chi connectivity index (χ4n) is 3.30. The number of alkyl halides is 3. The van der Waals surface area contributed by atoms with Gasteiger partial charge in [-0.1, -0.05) is 12.1 Å². The maximum Gasteiger partial charge on any atom is 0.573 e. The van der Waals surface area contributed by atoms with E-state index in [0.717, 1.165) is 12.1 Å². The molecule has 1 atom stereocenters. The highest BCUT2D eigenvalue weighted by Gasteiger charge is 2.33. The maximum absolute atomic E-state index is 13.1. The molecule has 0 bridgehead atoms. The van der Waals surface area contributed by atoms with E-state index in [4.69, 9.17) is 0 Å². The van der Waals surface area contributed by atoms with E-state index >= 15 is 0 Å². The molecule has 0 aliphatic heterocycles. The third-order valence-corrected chi connectivity index (χ3v) is 4.78. The van der Waals surface area contributed by atoms with E-state index in [0.29, 0.717) is 17.1 Å². The fraction of sp³-hybridized carbons (Fsp3) is 0.238. The molecule has 9 nitrogen and oxygen atoms in total. The summed E-state index contributed by atoms with van der Waals surface area (Å²) in [7, 11) is 0. The summed E-state index contributed by atoms with van der Waals surface area (Å²) in [4.78, 5) is 24.6. The molecule has 4 aromatic rings. The molecule has 33 heavy (non-hydrogen) atoms. The molecule has 3 heterocycles. The Morgan fingerprint density at radius 2 is 1.94 bits per heavy atom. The van der Waals surface area contributed by atoms with E-state index in [2.05, 4.69) is 30.1 Å². The first kappa shape index (κ1) is 22.3. The number of aromatic nitrogens is 5. The Labute approximate surface area is 185 Å². The van der Waals surface area contributed by atoms with Crippen LogP contribution >= 0.6 is 0 Å². The van der Waals surface area contributed by atoms with Gasteiger partial charge in [0.15, 0.2) is 11.5 Å². The van der Waals surface area contributed by atoms with E-state index in [9.17, 15) is 23.1 Å². The second-order valence-corrected chi connectivity index (χ2v) is 7.75. The molecule has 4 rings (SSSR count). The van der Waals surface area contributed by atoms with Gasteiger partial charge in [-0.2, -0.15) is 5.10 Å². The SMILES string of the molecule is CC(C)(O)[C@@H](NC(=O)c1cnn2ccc(-c3ncc[nH]3)nc12)c1ccc(OC(F)(F)F)cc1. The van der Waals surface area contributed by atoms with Crippen molar-refractivity contribution in [3.8, 4) is 17.3 Å². The number of hydrogen-bond acceptors (Lipinski definition) is 6. The number of hydrogen-bond donors (Lipinski definition) is 3. The van der Waals surface area contributed by atoms with Crippen LogP contribution in [-0.4, -0.2) is 47.5 Å². The molecule has 12 heteroatoms. The summed E-state index contributed by atoms with van der Waals surface area (Å²) in [6, 6.07) is 5.64. The summed E-state index contributed by atoms with van der Waals surface area (Å²) in [5.74, 6) is -0.471.